The molecule has 5 nitrogen and oxygen atoms in total. The molecule has 0 spiro atoms. The molecular weight excluding hydrogens is 501 g/mol. The van der Waals surface area contributed by atoms with Crippen LogP contribution in [0.2, 0.25) is 10.0 Å². The summed E-state index contributed by atoms with van der Waals surface area (Å²) in [7, 11) is 0. The normalized spacial score (nSPS) is 20.6. The topological polar surface area (TPSA) is 54.8 Å². The molecule has 0 N–H and O–H groups in total. The number of thiazole rings is 1. The van der Waals surface area contributed by atoms with E-state index in [0.29, 0.717) is 27.3 Å². The molecule has 35 heavy (non-hydrogen) atoms. The zero-order chi connectivity index (χ0) is 24.5. The van der Waals surface area contributed by atoms with E-state index in [2.05, 4.69) is 12.1 Å². The molecular formula is C27H25Cl2N3O2S. The number of anilines is 1. The predicted octanol–water partition coefficient (Wildman–Crippen LogP) is 7.74. The lowest BCUT2D eigenvalue weighted by atomic mass is 9.77. The van der Waals surface area contributed by atoms with Crippen molar-refractivity contribution in [2.45, 2.75) is 39.2 Å². The Hall–Kier alpha value is -2.67. The number of hydrazone groups is 1. The molecule has 1 saturated carbocycles. The van der Waals surface area contributed by atoms with Gasteiger partial charge in [0.15, 0.2) is 0 Å². The number of fused-ring (bicyclic) bond motifs is 1. The lowest BCUT2D eigenvalue weighted by Crippen LogP contribution is -2.28. The number of hydrogen-bond donors (Lipinski definition) is 0. The van der Waals surface area contributed by atoms with Crippen LogP contribution in [0.15, 0.2) is 59.2 Å². The molecule has 1 aromatic heterocycles. The van der Waals surface area contributed by atoms with E-state index < -0.39 is 0 Å². The van der Waals surface area contributed by atoms with Gasteiger partial charge in [0.05, 0.1) is 24.1 Å². The maximum absolute atomic E-state index is 12.5. The van der Waals surface area contributed by atoms with Crippen LogP contribution in [0.25, 0.3) is 6.08 Å². The van der Waals surface area contributed by atoms with Crippen molar-refractivity contribution in [1.82, 2.24) is 4.98 Å². The first kappa shape index (κ1) is 24.0. The summed E-state index contributed by atoms with van der Waals surface area (Å²) >= 11 is 14.5. The minimum Gasteiger partial charge on any atom is -0.462 e. The predicted molar refractivity (Wildman–Crippen MR) is 144 cm³/mol. The quantitative estimate of drug-likeness (QED) is 0.319. The molecule has 180 valence electrons. The third kappa shape index (κ3) is 4.63. The first-order valence-corrected chi connectivity index (χ1v) is 13.3. The van der Waals surface area contributed by atoms with E-state index in [1.54, 1.807) is 6.92 Å². The average molecular weight is 526 g/mol. The number of halogens is 2. The number of carbonyl (C=O) groups is 1. The molecule has 2 atom stereocenters. The van der Waals surface area contributed by atoms with Gasteiger partial charge in [-0.1, -0.05) is 70.9 Å². The Balaban J connectivity index is 1.62. The highest BCUT2D eigenvalue weighted by Crippen LogP contribution is 2.48. The molecule has 1 aliphatic carbocycles. The Morgan fingerprint density at radius 1 is 1.17 bits per heavy atom. The standard InChI is InChI=1S/C27H25Cl2N3O2S/c1-3-34-26(33)25-16(2)30-27(35-25)32-24(19-11-5-7-14-22(19)29)20-12-8-10-18(23(20)31-32)15-17-9-4-6-13-21(17)28/h4-7,9,11,13-15,20,24H,3,8,10,12H2,1-2H3/b18-15-/t20-,24-/m0/s1. The summed E-state index contributed by atoms with van der Waals surface area (Å²) in [4.78, 5) is 17.7. The molecule has 1 aliphatic heterocycles. The van der Waals surface area contributed by atoms with Gasteiger partial charge < -0.3 is 4.74 Å². The van der Waals surface area contributed by atoms with Gasteiger partial charge in [0.25, 0.3) is 0 Å². The molecule has 0 bridgehead atoms. The molecule has 0 amide bonds. The lowest BCUT2D eigenvalue weighted by Gasteiger charge is -2.30. The van der Waals surface area contributed by atoms with E-state index in [1.807, 2.05) is 54.4 Å². The fraction of sp³-hybridized carbons (Fsp3) is 0.296. The van der Waals surface area contributed by atoms with Crippen LogP contribution in [0.5, 0.6) is 0 Å². The molecule has 0 unspecified atom stereocenters. The molecule has 2 aliphatic rings. The van der Waals surface area contributed by atoms with Crippen LogP contribution in [0.4, 0.5) is 5.13 Å². The smallest absolute Gasteiger partial charge is 0.350 e. The molecule has 3 aromatic rings. The first-order chi connectivity index (χ1) is 17.0. The van der Waals surface area contributed by atoms with Crippen molar-refractivity contribution in [3.63, 3.8) is 0 Å². The Morgan fingerprint density at radius 2 is 1.91 bits per heavy atom. The van der Waals surface area contributed by atoms with Crippen LogP contribution in [0.3, 0.4) is 0 Å². The Bertz CT molecular complexity index is 1330. The van der Waals surface area contributed by atoms with Crippen LogP contribution in [0, 0.1) is 12.8 Å². The highest BCUT2D eigenvalue weighted by atomic mass is 35.5. The van der Waals surface area contributed by atoms with Gasteiger partial charge in [-0.2, -0.15) is 5.10 Å². The van der Waals surface area contributed by atoms with Crippen molar-refractivity contribution >= 4 is 57.4 Å². The van der Waals surface area contributed by atoms with Crippen LogP contribution in [-0.2, 0) is 4.74 Å². The number of benzene rings is 2. The number of allylic oxidation sites excluding steroid dienone is 1. The van der Waals surface area contributed by atoms with Crippen molar-refractivity contribution in [2.75, 3.05) is 11.6 Å². The molecule has 0 radical (unpaired) electrons. The van der Waals surface area contributed by atoms with Gasteiger partial charge in [0, 0.05) is 16.0 Å². The zero-order valence-corrected chi connectivity index (χ0v) is 21.8. The second-order valence-corrected chi connectivity index (χ2v) is 10.4. The summed E-state index contributed by atoms with van der Waals surface area (Å²) in [5, 5.41) is 9.15. The van der Waals surface area contributed by atoms with E-state index in [9.17, 15) is 4.79 Å². The third-order valence-electron chi connectivity index (χ3n) is 6.40. The summed E-state index contributed by atoms with van der Waals surface area (Å²) in [5.74, 6) is -0.209. The first-order valence-electron chi connectivity index (χ1n) is 11.7. The average Bonchev–Trinajstić information content (AvgIpc) is 3.42. The number of aromatic nitrogens is 1. The van der Waals surface area contributed by atoms with Crippen molar-refractivity contribution in [3.05, 3.63) is 85.8 Å². The van der Waals surface area contributed by atoms with E-state index in [1.165, 1.54) is 16.9 Å². The van der Waals surface area contributed by atoms with Gasteiger partial charge in [0.1, 0.15) is 4.88 Å². The van der Waals surface area contributed by atoms with Gasteiger partial charge in [-0.15, -0.1) is 0 Å². The van der Waals surface area contributed by atoms with E-state index in [-0.39, 0.29) is 17.9 Å². The number of hydrogen-bond acceptors (Lipinski definition) is 6. The van der Waals surface area contributed by atoms with Gasteiger partial charge in [-0.05, 0) is 68.0 Å². The molecule has 2 aromatic carbocycles. The summed E-state index contributed by atoms with van der Waals surface area (Å²) < 4.78 is 5.24. The van der Waals surface area contributed by atoms with Crippen molar-refractivity contribution in [2.24, 2.45) is 11.0 Å². The van der Waals surface area contributed by atoms with Crippen LogP contribution < -0.4 is 5.01 Å². The SMILES string of the molecule is CCOC(=O)c1sc(N2N=C3/C(=C\c4ccccc4Cl)CCC[C@@H]3[C@@H]2c2ccccc2Cl)nc1C. The minimum absolute atomic E-state index is 0.116. The summed E-state index contributed by atoms with van der Waals surface area (Å²) in [6.45, 7) is 3.94. The largest absolute Gasteiger partial charge is 0.462 e. The minimum atomic E-state index is -0.355. The Morgan fingerprint density at radius 3 is 2.66 bits per heavy atom. The number of rotatable bonds is 5. The van der Waals surface area contributed by atoms with Gasteiger partial charge in [0.2, 0.25) is 5.13 Å². The summed E-state index contributed by atoms with van der Waals surface area (Å²) in [5.41, 5.74) is 4.83. The summed E-state index contributed by atoms with van der Waals surface area (Å²) in [6.07, 6.45) is 5.10. The van der Waals surface area contributed by atoms with Crippen LogP contribution in [-0.4, -0.2) is 23.3 Å². The van der Waals surface area contributed by atoms with Crippen LogP contribution in [0.1, 0.15) is 58.7 Å². The fourth-order valence-electron chi connectivity index (χ4n) is 4.83. The monoisotopic (exact) mass is 525 g/mol. The van der Waals surface area contributed by atoms with Crippen molar-refractivity contribution in [1.29, 1.82) is 0 Å². The fourth-order valence-corrected chi connectivity index (χ4v) is 6.21. The highest BCUT2D eigenvalue weighted by molar-refractivity contribution is 7.17. The molecule has 1 fully saturated rings. The second kappa shape index (κ2) is 10.1. The molecule has 2 heterocycles. The number of nitrogens with zero attached hydrogens (tertiary/aromatic N) is 3. The maximum atomic E-state index is 12.5. The van der Waals surface area contributed by atoms with Gasteiger partial charge in [-0.25, -0.2) is 14.8 Å². The number of aryl methyl sites for hydroxylation is 1. The molecule has 0 saturated heterocycles. The van der Waals surface area contributed by atoms with E-state index in [4.69, 9.17) is 38.0 Å². The second-order valence-electron chi connectivity index (χ2n) is 8.62. The molecule has 8 heteroatoms. The molecule has 5 rings (SSSR count). The number of carbonyl (C=O) groups excluding carboxylic acids is 1. The Labute approximate surface area is 219 Å². The highest BCUT2D eigenvalue weighted by Gasteiger charge is 2.44. The number of esters is 1. The van der Waals surface area contributed by atoms with Crippen molar-refractivity contribution in [3.8, 4) is 0 Å². The van der Waals surface area contributed by atoms with Gasteiger partial charge >= 0.3 is 5.97 Å². The van der Waals surface area contributed by atoms with Crippen molar-refractivity contribution < 1.29 is 9.53 Å². The summed E-state index contributed by atoms with van der Waals surface area (Å²) in [6, 6.07) is 15.6. The van der Waals surface area contributed by atoms with E-state index >= 15 is 0 Å². The Kier molecular flexibility index (Phi) is 6.96. The number of ether oxygens (including phenoxy) is 1. The van der Waals surface area contributed by atoms with Crippen LogP contribution >= 0.6 is 34.5 Å². The maximum Gasteiger partial charge on any atom is 0.350 e. The van der Waals surface area contributed by atoms with E-state index in [0.717, 1.165) is 41.1 Å². The zero-order valence-electron chi connectivity index (χ0n) is 19.5. The lowest BCUT2D eigenvalue weighted by molar-refractivity contribution is 0.0531. The van der Waals surface area contributed by atoms with Gasteiger partial charge in [-0.3, -0.25) is 0 Å². The third-order valence-corrected chi connectivity index (χ3v) is 8.22.